The minimum absolute atomic E-state index is 0.0688. The summed E-state index contributed by atoms with van der Waals surface area (Å²) >= 11 is 0. The van der Waals surface area contributed by atoms with Gasteiger partial charge in [0.25, 0.3) is 0 Å². The molecule has 0 saturated carbocycles. The van der Waals surface area contributed by atoms with E-state index in [9.17, 15) is 8.78 Å². The fourth-order valence-corrected chi connectivity index (χ4v) is 2.04. The average molecular weight is 269 g/mol. The van der Waals surface area contributed by atoms with Gasteiger partial charge in [-0.15, -0.1) is 0 Å². The molecule has 1 nitrogen and oxygen atoms in total. The minimum atomic E-state index is -0.447. The highest BCUT2D eigenvalue weighted by atomic mass is 19.1. The molecule has 0 aliphatic heterocycles. The molecule has 0 aliphatic rings. The molecular formula is C16H25F2N. The highest BCUT2D eigenvalue weighted by Crippen LogP contribution is 2.28. The smallest absolute Gasteiger partial charge is 0.129 e. The molecule has 1 N–H and O–H groups in total. The number of nitrogens with one attached hydrogen (secondary N) is 1. The van der Waals surface area contributed by atoms with Crippen molar-refractivity contribution in [1.29, 1.82) is 0 Å². The van der Waals surface area contributed by atoms with E-state index in [1.54, 1.807) is 0 Å². The minimum Gasteiger partial charge on any atom is -0.312 e. The summed E-state index contributed by atoms with van der Waals surface area (Å²) in [5.41, 5.74) is 0.129. The number of hydrogen-bond acceptors (Lipinski definition) is 1. The summed E-state index contributed by atoms with van der Waals surface area (Å²) in [5.74, 6) is -0.895. The van der Waals surface area contributed by atoms with Crippen molar-refractivity contribution in [1.82, 2.24) is 5.32 Å². The second-order valence-electron chi connectivity index (χ2n) is 6.97. The summed E-state index contributed by atoms with van der Waals surface area (Å²) in [5, 5.41) is 3.41. The number of benzene rings is 1. The quantitative estimate of drug-likeness (QED) is 0.839. The van der Waals surface area contributed by atoms with Gasteiger partial charge in [0.05, 0.1) is 0 Å². The van der Waals surface area contributed by atoms with Gasteiger partial charge in [-0.3, -0.25) is 0 Å². The van der Waals surface area contributed by atoms with E-state index < -0.39 is 11.6 Å². The lowest BCUT2D eigenvalue weighted by atomic mass is 9.82. The van der Waals surface area contributed by atoms with Crippen molar-refractivity contribution in [2.45, 2.75) is 53.0 Å². The Morgan fingerprint density at radius 1 is 1.00 bits per heavy atom. The first-order chi connectivity index (χ1) is 8.61. The van der Waals surface area contributed by atoms with E-state index >= 15 is 0 Å². The normalized spacial score (nSPS) is 12.8. The summed E-state index contributed by atoms with van der Waals surface area (Å²) in [4.78, 5) is 0. The Bertz CT molecular complexity index is 399. The van der Waals surface area contributed by atoms with Crippen molar-refractivity contribution < 1.29 is 8.78 Å². The van der Waals surface area contributed by atoms with Gasteiger partial charge in [0, 0.05) is 11.1 Å². The Morgan fingerprint density at radius 2 is 1.53 bits per heavy atom. The van der Waals surface area contributed by atoms with E-state index in [1.165, 1.54) is 18.2 Å². The van der Waals surface area contributed by atoms with Gasteiger partial charge in [0.1, 0.15) is 11.6 Å². The molecule has 0 amide bonds. The maximum Gasteiger partial charge on any atom is 0.129 e. The van der Waals surface area contributed by atoms with Crippen LogP contribution in [0.5, 0.6) is 0 Å². The molecule has 1 aromatic carbocycles. The largest absolute Gasteiger partial charge is 0.312 e. The molecule has 0 radical (unpaired) electrons. The van der Waals surface area contributed by atoms with E-state index in [4.69, 9.17) is 0 Å². The van der Waals surface area contributed by atoms with Crippen LogP contribution < -0.4 is 5.32 Å². The fourth-order valence-electron chi connectivity index (χ4n) is 2.04. The third kappa shape index (κ3) is 5.68. The van der Waals surface area contributed by atoms with Crippen molar-refractivity contribution in [2.24, 2.45) is 5.41 Å². The first-order valence-electron chi connectivity index (χ1n) is 6.79. The predicted octanol–water partition coefficient (Wildman–Crippen LogP) is 4.31. The highest BCUT2D eigenvalue weighted by Gasteiger charge is 2.23. The van der Waals surface area contributed by atoms with Crippen molar-refractivity contribution in [3.63, 3.8) is 0 Å². The molecule has 1 aromatic rings. The molecule has 19 heavy (non-hydrogen) atoms. The van der Waals surface area contributed by atoms with Gasteiger partial charge in [0.15, 0.2) is 0 Å². The first-order valence-corrected chi connectivity index (χ1v) is 6.79. The number of hydrogen-bond donors (Lipinski definition) is 1. The molecule has 0 unspecified atom stereocenters. The molecule has 0 aliphatic carbocycles. The first kappa shape index (κ1) is 16.1. The molecule has 0 saturated heterocycles. The van der Waals surface area contributed by atoms with E-state index in [1.807, 2.05) is 13.8 Å². The SMILES string of the molecule is CC(C)(CCNC(C)(C)C)Cc1c(F)cccc1F. The van der Waals surface area contributed by atoms with Crippen LogP contribution in [0.2, 0.25) is 0 Å². The van der Waals surface area contributed by atoms with Crippen LogP contribution in [0.1, 0.15) is 46.6 Å². The zero-order valence-corrected chi connectivity index (χ0v) is 12.6. The van der Waals surface area contributed by atoms with Crippen LogP contribution in [0, 0.1) is 17.0 Å². The van der Waals surface area contributed by atoms with Crippen molar-refractivity contribution in [2.75, 3.05) is 6.54 Å². The van der Waals surface area contributed by atoms with E-state index in [0.29, 0.717) is 6.42 Å². The van der Waals surface area contributed by atoms with Crippen molar-refractivity contribution >= 4 is 0 Å². The lowest BCUT2D eigenvalue weighted by molar-refractivity contribution is 0.295. The Labute approximate surface area is 115 Å². The van der Waals surface area contributed by atoms with Crippen molar-refractivity contribution in [3.05, 3.63) is 35.4 Å². The summed E-state index contributed by atoms with van der Waals surface area (Å²) in [7, 11) is 0. The molecule has 0 fully saturated rings. The molecule has 0 bridgehead atoms. The Balaban J connectivity index is 2.64. The van der Waals surface area contributed by atoms with Gasteiger partial charge in [-0.05, 0) is 57.7 Å². The molecule has 3 heteroatoms. The Kier molecular flexibility index (Phi) is 5.08. The van der Waals surface area contributed by atoms with Crippen LogP contribution in [0.3, 0.4) is 0 Å². The molecule has 1 rings (SSSR count). The molecule has 0 spiro atoms. The van der Waals surface area contributed by atoms with Gasteiger partial charge in [-0.25, -0.2) is 8.78 Å². The maximum atomic E-state index is 13.6. The zero-order valence-electron chi connectivity index (χ0n) is 12.6. The van der Waals surface area contributed by atoms with Gasteiger partial charge >= 0.3 is 0 Å². The molecular weight excluding hydrogens is 244 g/mol. The monoisotopic (exact) mass is 269 g/mol. The summed E-state index contributed by atoms with van der Waals surface area (Å²) < 4.78 is 27.3. The second-order valence-corrected chi connectivity index (χ2v) is 6.97. The molecule has 108 valence electrons. The topological polar surface area (TPSA) is 12.0 Å². The highest BCUT2D eigenvalue weighted by molar-refractivity contribution is 5.20. The van der Waals surface area contributed by atoms with Gasteiger partial charge in [-0.1, -0.05) is 19.9 Å². The molecule has 0 aromatic heterocycles. The average Bonchev–Trinajstić information content (AvgIpc) is 2.21. The van der Waals surface area contributed by atoms with Crippen LogP contribution >= 0.6 is 0 Å². The number of halogens is 2. The van der Waals surface area contributed by atoms with E-state index in [-0.39, 0.29) is 16.5 Å². The van der Waals surface area contributed by atoms with Gasteiger partial charge in [-0.2, -0.15) is 0 Å². The van der Waals surface area contributed by atoms with Crippen LogP contribution in [-0.2, 0) is 6.42 Å². The van der Waals surface area contributed by atoms with Crippen LogP contribution in [0.15, 0.2) is 18.2 Å². The van der Waals surface area contributed by atoms with Crippen LogP contribution in [0.4, 0.5) is 8.78 Å². The third-order valence-corrected chi connectivity index (χ3v) is 3.17. The van der Waals surface area contributed by atoms with Gasteiger partial charge in [0.2, 0.25) is 0 Å². The molecule has 0 atom stereocenters. The Hall–Kier alpha value is -0.960. The van der Waals surface area contributed by atoms with Gasteiger partial charge < -0.3 is 5.32 Å². The predicted molar refractivity (Wildman–Crippen MR) is 76.2 cm³/mol. The summed E-state index contributed by atoms with van der Waals surface area (Å²) in [6.45, 7) is 11.3. The van der Waals surface area contributed by atoms with Crippen LogP contribution in [0.25, 0.3) is 0 Å². The standard InChI is InChI=1S/C16H25F2N/c1-15(2,3)19-10-9-16(4,5)11-12-13(17)7-6-8-14(12)18/h6-8,19H,9-11H2,1-5H3. The molecule has 0 heterocycles. The fraction of sp³-hybridized carbons (Fsp3) is 0.625. The lowest BCUT2D eigenvalue weighted by Gasteiger charge is -2.28. The van der Waals surface area contributed by atoms with E-state index in [0.717, 1.165) is 13.0 Å². The maximum absolute atomic E-state index is 13.6. The third-order valence-electron chi connectivity index (χ3n) is 3.17. The second kappa shape index (κ2) is 6.00. The lowest BCUT2D eigenvalue weighted by Crippen LogP contribution is -2.38. The Morgan fingerprint density at radius 3 is 2.00 bits per heavy atom. The summed E-state index contributed by atoms with van der Waals surface area (Å²) in [6.07, 6.45) is 1.29. The zero-order chi connectivity index (χ0) is 14.7. The van der Waals surface area contributed by atoms with E-state index in [2.05, 4.69) is 26.1 Å². The van der Waals surface area contributed by atoms with Crippen molar-refractivity contribution in [3.8, 4) is 0 Å². The number of rotatable bonds is 5. The van der Waals surface area contributed by atoms with Crippen LogP contribution in [-0.4, -0.2) is 12.1 Å². The summed E-state index contributed by atoms with van der Waals surface area (Å²) in [6, 6.07) is 4.05.